The number of rotatable bonds is 4. The number of thiocarbonyl (C=S) groups is 1. The Bertz CT molecular complexity index is 475. The van der Waals surface area contributed by atoms with Crippen LogP contribution < -0.4 is 5.73 Å². The maximum atomic E-state index is 12.2. The van der Waals surface area contributed by atoms with E-state index in [1.54, 1.807) is 0 Å². The SMILES string of the molecule is CC1CCC(=O)N(CC(C(N)=S)c2ccccc2)CC1. The molecule has 1 amide bonds. The van der Waals surface area contributed by atoms with E-state index in [9.17, 15) is 4.79 Å². The number of hydrogen-bond acceptors (Lipinski definition) is 2. The molecule has 0 bridgehead atoms. The molecule has 0 spiro atoms. The average Bonchev–Trinajstić information content (AvgIpc) is 2.60. The molecule has 2 atom stereocenters. The fourth-order valence-corrected chi connectivity index (χ4v) is 2.84. The van der Waals surface area contributed by atoms with Crippen LogP contribution in [0.4, 0.5) is 0 Å². The number of nitrogens with two attached hydrogens (primary N) is 1. The third-order valence-electron chi connectivity index (χ3n) is 4.04. The van der Waals surface area contributed by atoms with E-state index in [4.69, 9.17) is 18.0 Å². The van der Waals surface area contributed by atoms with Crippen LogP contribution in [0.5, 0.6) is 0 Å². The van der Waals surface area contributed by atoms with Gasteiger partial charge in [-0.1, -0.05) is 49.5 Å². The molecular weight excluding hydrogens is 268 g/mol. The molecule has 2 unspecified atom stereocenters. The van der Waals surface area contributed by atoms with E-state index in [-0.39, 0.29) is 11.8 Å². The smallest absolute Gasteiger partial charge is 0.222 e. The van der Waals surface area contributed by atoms with Crippen LogP contribution in [0.15, 0.2) is 30.3 Å². The molecule has 0 saturated carbocycles. The van der Waals surface area contributed by atoms with Crippen molar-refractivity contribution in [3.8, 4) is 0 Å². The van der Waals surface area contributed by atoms with Crippen molar-refractivity contribution in [3.05, 3.63) is 35.9 Å². The Morgan fingerprint density at radius 2 is 2.10 bits per heavy atom. The van der Waals surface area contributed by atoms with Gasteiger partial charge in [0.05, 0.1) is 10.9 Å². The summed E-state index contributed by atoms with van der Waals surface area (Å²) < 4.78 is 0. The number of benzene rings is 1. The van der Waals surface area contributed by atoms with Crippen LogP contribution in [0.3, 0.4) is 0 Å². The molecule has 2 rings (SSSR count). The van der Waals surface area contributed by atoms with Gasteiger partial charge in [-0.25, -0.2) is 0 Å². The highest BCUT2D eigenvalue weighted by Crippen LogP contribution is 2.22. The zero-order chi connectivity index (χ0) is 14.5. The Kier molecular flexibility index (Phi) is 5.12. The van der Waals surface area contributed by atoms with Gasteiger partial charge in [-0.05, 0) is 24.3 Å². The van der Waals surface area contributed by atoms with Crippen LogP contribution in [0.1, 0.15) is 37.7 Å². The maximum Gasteiger partial charge on any atom is 0.222 e. The predicted octanol–water partition coefficient (Wildman–Crippen LogP) is 2.70. The van der Waals surface area contributed by atoms with Gasteiger partial charge < -0.3 is 10.6 Å². The van der Waals surface area contributed by atoms with E-state index in [1.807, 2.05) is 35.2 Å². The molecule has 0 aromatic heterocycles. The molecule has 1 heterocycles. The van der Waals surface area contributed by atoms with Gasteiger partial charge in [0.25, 0.3) is 0 Å². The first-order chi connectivity index (χ1) is 9.58. The highest BCUT2D eigenvalue weighted by molar-refractivity contribution is 7.80. The van der Waals surface area contributed by atoms with Crippen molar-refractivity contribution in [2.45, 2.75) is 32.1 Å². The Labute approximate surface area is 126 Å². The molecule has 1 saturated heterocycles. The normalized spacial score (nSPS) is 21.4. The molecule has 1 aromatic rings. The Morgan fingerprint density at radius 1 is 1.40 bits per heavy atom. The Hall–Kier alpha value is -1.42. The summed E-state index contributed by atoms with van der Waals surface area (Å²) in [6.45, 7) is 3.62. The molecule has 0 aliphatic carbocycles. The fourth-order valence-electron chi connectivity index (χ4n) is 2.63. The summed E-state index contributed by atoms with van der Waals surface area (Å²) >= 11 is 5.20. The van der Waals surface area contributed by atoms with Crippen molar-refractivity contribution in [1.29, 1.82) is 0 Å². The van der Waals surface area contributed by atoms with Crippen LogP contribution in [0, 0.1) is 5.92 Å². The lowest BCUT2D eigenvalue weighted by atomic mass is 9.98. The third-order valence-corrected chi connectivity index (χ3v) is 4.33. The van der Waals surface area contributed by atoms with Gasteiger partial charge in [0.1, 0.15) is 0 Å². The van der Waals surface area contributed by atoms with Crippen molar-refractivity contribution in [3.63, 3.8) is 0 Å². The van der Waals surface area contributed by atoms with Crippen molar-refractivity contribution in [2.24, 2.45) is 11.7 Å². The maximum absolute atomic E-state index is 12.2. The summed E-state index contributed by atoms with van der Waals surface area (Å²) in [5.41, 5.74) is 6.98. The minimum Gasteiger partial charge on any atom is -0.393 e. The lowest BCUT2D eigenvalue weighted by molar-refractivity contribution is -0.130. The standard InChI is InChI=1S/C16H22N2OS/c1-12-7-8-15(19)18(10-9-12)11-14(16(17)20)13-5-3-2-4-6-13/h2-6,12,14H,7-11H2,1H3,(H2,17,20). The van der Waals surface area contributed by atoms with E-state index >= 15 is 0 Å². The predicted molar refractivity (Wildman–Crippen MR) is 85.6 cm³/mol. The van der Waals surface area contributed by atoms with Gasteiger partial charge >= 0.3 is 0 Å². The third kappa shape index (κ3) is 3.79. The molecule has 1 aliphatic heterocycles. The van der Waals surface area contributed by atoms with E-state index in [0.29, 0.717) is 23.9 Å². The number of likely N-dealkylation sites (tertiary alicyclic amines) is 1. The fraction of sp³-hybridized carbons (Fsp3) is 0.500. The zero-order valence-electron chi connectivity index (χ0n) is 11.9. The molecule has 2 N–H and O–H groups in total. The van der Waals surface area contributed by atoms with Gasteiger partial charge in [0.2, 0.25) is 5.91 Å². The summed E-state index contributed by atoms with van der Waals surface area (Å²) in [6, 6.07) is 9.97. The van der Waals surface area contributed by atoms with E-state index < -0.39 is 0 Å². The van der Waals surface area contributed by atoms with Gasteiger partial charge in [0, 0.05) is 19.5 Å². The molecular formula is C16H22N2OS. The summed E-state index contributed by atoms with van der Waals surface area (Å²) in [6.07, 6.45) is 2.68. The number of hydrogen-bond donors (Lipinski definition) is 1. The molecule has 1 fully saturated rings. The highest BCUT2D eigenvalue weighted by atomic mass is 32.1. The molecule has 108 valence electrons. The Morgan fingerprint density at radius 3 is 2.75 bits per heavy atom. The number of amides is 1. The summed E-state index contributed by atoms with van der Waals surface area (Å²) in [5.74, 6) is 0.791. The molecule has 4 heteroatoms. The summed E-state index contributed by atoms with van der Waals surface area (Å²) in [7, 11) is 0. The Balaban J connectivity index is 2.12. The quantitative estimate of drug-likeness (QED) is 0.867. The first-order valence-corrected chi connectivity index (χ1v) is 7.60. The topological polar surface area (TPSA) is 46.3 Å². The van der Waals surface area contributed by atoms with E-state index in [1.165, 1.54) is 0 Å². The van der Waals surface area contributed by atoms with E-state index in [0.717, 1.165) is 24.9 Å². The first-order valence-electron chi connectivity index (χ1n) is 7.20. The molecule has 1 aliphatic rings. The van der Waals surface area contributed by atoms with Gasteiger partial charge in [0.15, 0.2) is 0 Å². The van der Waals surface area contributed by atoms with Crippen molar-refractivity contribution in [2.75, 3.05) is 13.1 Å². The van der Waals surface area contributed by atoms with Gasteiger partial charge in [-0.15, -0.1) is 0 Å². The molecule has 0 radical (unpaired) electrons. The number of carbonyl (C=O) groups is 1. The van der Waals surface area contributed by atoms with Crippen LogP contribution in [0.2, 0.25) is 0 Å². The lowest BCUT2D eigenvalue weighted by Crippen LogP contribution is -2.38. The largest absolute Gasteiger partial charge is 0.393 e. The number of nitrogens with zero attached hydrogens (tertiary/aromatic N) is 1. The second-order valence-corrected chi connectivity index (χ2v) is 6.11. The molecule has 20 heavy (non-hydrogen) atoms. The van der Waals surface area contributed by atoms with Crippen LogP contribution in [-0.2, 0) is 4.79 Å². The number of carbonyl (C=O) groups excluding carboxylic acids is 1. The first kappa shape index (κ1) is 15.0. The van der Waals surface area contributed by atoms with E-state index in [2.05, 4.69) is 6.92 Å². The van der Waals surface area contributed by atoms with Crippen LogP contribution in [0.25, 0.3) is 0 Å². The van der Waals surface area contributed by atoms with Crippen molar-refractivity contribution >= 4 is 23.1 Å². The van der Waals surface area contributed by atoms with Gasteiger partial charge in [-0.3, -0.25) is 4.79 Å². The monoisotopic (exact) mass is 290 g/mol. The van der Waals surface area contributed by atoms with Crippen LogP contribution in [-0.4, -0.2) is 28.9 Å². The highest BCUT2D eigenvalue weighted by Gasteiger charge is 2.25. The second-order valence-electron chi connectivity index (χ2n) is 5.64. The summed E-state index contributed by atoms with van der Waals surface area (Å²) in [4.78, 5) is 14.6. The molecule has 3 nitrogen and oxygen atoms in total. The zero-order valence-corrected chi connectivity index (χ0v) is 12.7. The lowest BCUT2D eigenvalue weighted by Gasteiger charge is -2.26. The van der Waals surface area contributed by atoms with Crippen molar-refractivity contribution in [1.82, 2.24) is 4.90 Å². The van der Waals surface area contributed by atoms with Gasteiger partial charge in [-0.2, -0.15) is 0 Å². The minimum absolute atomic E-state index is 0.0523. The second kappa shape index (κ2) is 6.84. The van der Waals surface area contributed by atoms with Crippen molar-refractivity contribution < 1.29 is 4.79 Å². The minimum atomic E-state index is -0.0523. The average molecular weight is 290 g/mol. The molecule has 1 aromatic carbocycles. The van der Waals surface area contributed by atoms with Crippen LogP contribution >= 0.6 is 12.2 Å². The summed E-state index contributed by atoms with van der Waals surface area (Å²) in [5, 5.41) is 0.